The highest BCUT2D eigenvalue weighted by Crippen LogP contribution is 2.12. The molecule has 0 radical (unpaired) electrons. The molecule has 1 aromatic carbocycles. The quantitative estimate of drug-likeness (QED) is 0.798. The van der Waals surface area contributed by atoms with E-state index in [1.54, 1.807) is 18.3 Å². The second-order valence-electron chi connectivity index (χ2n) is 4.51. The molecule has 108 valence electrons. The number of hydrogen-bond acceptors (Lipinski definition) is 3. The molecule has 0 aliphatic carbocycles. The molecule has 0 saturated heterocycles. The van der Waals surface area contributed by atoms with E-state index >= 15 is 0 Å². The number of ether oxygens (including phenoxy) is 1. The fraction of sp³-hybridized carbons (Fsp3) is 0.250. The van der Waals surface area contributed by atoms with Crippen molar-refractivity contribution in [2.24, 2.45) is 0 Å². The third-order valence-electron chi connectivity index (χ3n) is 3.14. The topological polar surface area (TPSA) is 55.0 Å². The number of hydrogen-bond donors (Lipinski definition) is 0. The maximum Gasteiger partial charge on any atom is 0.223 e. The van der Waals surface area contributed by atoms with E-state index < -0.39 is 0 Å². The van der Waals surface area contributed by atoms with E-state index in [9.17, 15) is 4.79 Å². The fourth-order valence-corrected chi connectivity index (χ4v) is 2.18. The van der Waals surface area contributed by atoms with Crippen LogP contribution >= 0.6 is 11.6 Å². The van der Waals surface area contributed by atoms with Crippen molar-refractivity contribution in [3.05, 3.63) is 63.6 Å². The first-order valence-electron chi connectivity index (χ1n) is 6.59. The number of halogens is 1. The lowest BCUT2D eigenvalue weighted by Gasteiger charge is -2.12. The van der Waals surface area contributed by atoms with Crippen molar-refractivity contribution in [1.82, 2.24) is 4.57 Å². The zero-order valence-corrected chi connectivity index (χ0v) is 12.4. The van der Waals surface area contributed by atoms with E-state index in [0.29, 0.717) is 17.2 Å². The summed E-state index contributed by atoms with van der Waals surface area (Å²) in [5.74, 6) is 0.592. The Morgan fingerprint density at radius 3 is 2.62 bits per heavy atom. The highest BCUT2D eigenvalue weighted by atomic mass is 35.5. The van der Waals surface area contributed by atoms with E-state index in [2.05, 4.69) is 6.07 Å². The van der Waals surface area contributed by atoms with Gasteiger partial charge in [0.15, 0.2) is 5.75 Å². The number of rotatable bonds is 5. The van der Waals surface area contributed by atoms with Crippen LogP contribution in [-0.2, 0) is 19.0 Å². The lowest BCUT2D eigenvalue weighted by molar-refractivity contribution is 0.300. The number of benzene rings is 1. The fourth-order valence-electron chi connectivity index (χ4n) is 1.95. The molecule has 5 heteroatoms. The summed E-state index contributed by atoms with van der Waals surface area (Å²) in [5, 5.41) is 8.74. The average Bonchev–Trinajstić information content (AvgIpc) is 2.53. The predicted molar refractivity (Wildman–Crippen MR) is 81.4 cm³/mol. The van der Waals surface area contributed by atoms with Crippen molar-refractivity contribution in [2.75, 3.05) is 0 Å². The normalized spacial score (nSPS) is 10.1. The smallest absolute Gasteiger partial charge is 0.223 e. The molecule has 0 bridgehead atoms. The molecule has 0 unspecified atom stereocenters. The standard InChI is InChI=1S/C16H15ClN2O2/c1-2-19-10-16(15(20)7-14(19)8-17)21-11-13-5-3-12(9-18)4-6-13/h3-7,10H,2,8,11H2,1H3. The van der Waals surface area contributed by atoms with Gasteiger partial charge in [-0.1, -0.05) is 12.1 Å². The Balaban J connectivity index is 2.16. The number of nitrogens with zero attached hydrogens (tertiary/aromatic N) is 2. The van der Waals surface area contributed by atoms with Gasteiger partial charge in [-0.25, -0.2) is 0 Å². The lowest BCUT2D eigenvalue weighted by atomic mass is 10.2. The number of nitriles is 1. The summed E-state index contributed by atoms with van der Waals surface area (Å²) in [6, 6.07) is 10.6. The number of aryl methyl sites for hydroxylation is 1. The van der Waals surface area contributed by atoms with E-state index in [0.717, 1.165) is 17.8 Å². The van der Waals surface area contributed by atoms with Crippen molar-refractivity contribution in [1.29, 1.82) is 5.26 Å². The summed E-state index contributed by atoms with van der Waals surface area (Å²) in [6.45, 7) is 2.98. The Hall–Kier alpha value is -2.25. The van der Waals surface area contributed by atoms with E-state index in [1.807, 2.05) is 23.6 Å². The van der Waals surface area contributed by atoms with Crippen LogP contribution in [0.4, 0.5) is 0 Å². The van der Waals surface area contributed by atoms with Gasteiger partial charge in [-0.2, -0.15) is 5.26 Å². The maximum absolute atomic E-state index is 11.9. The third kappa shape index (κ3) is 3.65. The molecular formula is C16H15ClN2O2. The van der Waals surface area contributed by atoms with Gasteiger partial charge in [0.25, 0.3) is 0 Å². The summed E-state index contributed by atoms with van der Waals surface area (Å²) in [7, 11) is 0. The van der Waals surface area contributed by atoms with Crippen molar-refractivity contribution >= 4 is 11.6 Å². The lowest BCUT2D eigenvalue weighted by Crippen LogP contribution is -2.14. The van der Waals surface area contributed by atoms with Crippen LogP contribution in [0.25, 0.3) is 0 Å². The molecule has 0 saturated carbocycles. The van der Waals surface area contributed by atoms with Crippen LogP contribution in [0.2, 0.25) is 0 Å². The Labute approximate surface area is 128 Å². The first-order valence-corrected chi connectivity index (χ1v) is 7.12. The SMILES string of the molecule is CCn1cc(OCc2ccc(C#N)cc2)c(=O)cc1CCl. The van der Waals surface area contributed by atoms with E-state index in [1.165, 1.54) is 6.07 Å². The summed E-state index contributed by atoms with van der Waals surface area (Å²) in [4.78, 5) is 11.9. The Bertz CT molecular complexity index is 715. The highest BCUT2D eigenvalue weighted by molar-refractivity contribution is 6.16. The minimum Gasteiger partial charge on any atom is -0.483 e. The largest absolute Gasteiger partial charge is 0.483 e. The molecular weight excluding hydrogens is 288 g/mol. The molecule has 1 heterocycles. The molecule has 0 fully saturated rings. The van der Waals surface area contributed by atoms with Crippen LogP contribution in [0.15, 0.2) is 41.3 Å². The van der Waals surface area contributed by atoms with Gasteiger partial charge in [-0.3, -0.25) is 4.79 Å². The summed E-state index contributed by atoms with van der Waals surface area (Å²) < 4.78 is 7.47. The highest BCUT2D eigenvalue weighted by Gasteiger charge is 2.06. The first kappa shape index (κ1) is 15.1. The molecule has 0 spiro atoms. The number of alkyl halides is 1. The van der Waals surface area contributed by atoms with Gasteiger partial charge in [-0.05, 0) is 24.6 Å². The molecule has 0 amide bonds. The summed E-state index contributed by atoms with van der Waals surface area (Å²) in [6.07, 6.45) is 1.68. The molecule has 4 nitrogen and oxygen atoms in total. The van der Waals surface area contributed by atoms with Crippen molar-refractivity contribution in [3.63, 3.8) is 0 Å². The van der Waals surface area contributed by atoms with Crippen LogP contribution in [0, 0.1) is 11.3 Å². The maximum atomic E-state index is 11.9. The van der Waals surface area contributed by atoms with Crippen LogP contribution in [0.1, 0.15) is 23.7 Å². The third-order valence-corrected chi connectivity index (χ3v) is 3.41. The van der Waals surface area contributed by atoms with Gasteiger partial charge < -0.3 is 9.30 Å². The van der Waals surface area contributed by atoms with Gasteiger partial charge in [0, 0.05) is 18.3 Å². The minimum atomic E-state index is -0.177. The van der Waals surface area contributed by atoms with Gasteiger partial charge in [0.2, 0.25) is 5.43 Å². The van der Waals surface area contributed by atoms with Crippen molar-refractivity contribution < 1.29 is 4.74 Å². The summed E-state index contributed by atoms with van der Waals surface area (Å²) in [5.41, 5.74) is 2.09. The Kier molecular flexibility index (Phi) is 5.02. The molecule has 2 aromatic rings. The second-order valence-corrected chi connectivity index (χ2v) is 4.78. The molecule has 1 aromatic heterocycles. The van der Waals surface area contributed by atoms with Crippen LogP contribution in [0.5, 0.6) is 5.75 Å². The second kappa shape index (κ2) is 6.96. The molecule has 0 atom stereocenters. The predicted octanol–water partition coefficient (Wildman–Crippen LogP) is 3.06. The average molecular weight is 303 g/mol. The molecule has 0 N–H and O–H groups in total. The molecule has 21 heavy (non-hydrogen) atoms. The molecule has 0 aliphatic rings. The van der Waals surface area contributed by atoms with Gasteiger partial charge in [-0.15, -0.1) is 11.6 Å². The van der Waals surface area contributed by atoms with Crippen molar-refractivity contribution in [2.45, 2.75) is 26.0 Å². The molecule has 0 aliphatic heterocycles. The summed E-state index contributed by atoms with van der Waals surface area (Å²) >= 11 is 5.81. The van der Waals surface area contributed by atoms with Crippen LogP contribution in [0.3, 0.4) is 0 Å². The van der Waals surface area contributed by atoms with Crippen LogP contribution < -0.4 is 10.2 Å². The monoisotopic (exact) mass is 302 g/mol. The zero-order valence-electron chi connectivity index (χ0n) is 11.7. The van der Waals surface area contributed by atoms with Crippen molar-refractivity contribution in [3.8, 4) is 11.8 Å². The van der Waals surface area contributed by atoms with Crippen LogP contribution in [-0.4, -0.2) is 4.57 Å². The van der Waals surface area contributed by atoms with Gasteiger partial charge in [0.05, 0.1) is 23.7 Å². The first-order chi connectivity index (χ1) is 10.2. The number of pyridine rings is 1. The molecule has 2 rings (SSSR count). The Morgan fingerprint density at radius 1 is 1.33 bits per heavy atom. The van der Waals surface area contributed by atoms with Gasteiger partial charge >= 0.3 is 0 Å². The zero-order chi connectivity index (χ0) is 15.2. The van der Waals surface area contributed by atoms with E-state index in [4.69, 9.17) is 21.6 Å². The Morgan fingerprint density at radius 2 is 2.05 bits per heavy atom. The number of aromatic nitrogens is 1. The van der Waals surface area contributed by atoms with Gasteiger partial charge in [0.1, 0.15) is 6.61 Å². The van der Waals surface area contributed by atoms with E-state index in [-0.39, 0.29) is 12.0 Å². The minimum absolute atomic E-state index is 0.177.